The molecule has 0 aliphatic rings. The van der Waals surface area contributed by atoms with Crippen LogP contribution in [0.15, 0.2) is 42.5 Å². The molecule has 5 nitrogen and oxygen atoms in total. The molecular weight excluding hydrogens is 420 g/mol. The lowest BCUT2D eigenvalue weighted by molar-refractivity contribution is -0.138. The highest BCUT2D eigenvalue weighted by molar-refractivity contribution is 7.99. The van der Waals surface area contributed by atoms with E-state index in [4.69, 9.17) is 4.74 Å². The molecule has 0 aliphatic heterocycles. The summed E-state index contributed by atoms with van der Waals surface area (Å²) in [5.74, 6) is 1.63. The van der Waals surface area contributed by atoms with E-state index in [0.29, 0.717) is 12.3 Å². The number of carbonyl (C=O) groups excluding carboxylic acids is 2. The van der Waals surface area contributed by atoms with Gasteiger partial charge >= 0.3 is 0 Å². The summed E-state index contributed by atoms with van der Waals surface area (Å²) in [4.78, 5) is 27.7. The maximum absolute atomic E-state index is 13.2. The summed E-state index contributed by atoms with van der Waals surface area (Å²) in [6.45, 7) is 10.3. The number of hydrogen-bond acceptors (Lipinski definition) is 4. The molecule has 0 aromatic heterocycles. The fourth-order valence-corrected chi connectivity index (χ4v) is 4.35. The van der Waals surface area contributed by atoms with E-state index in [0.717, 1.165) is 23.5 Å². The number of amides is 2. The van der Waals surface area contributed by atoms with Gasteiger partial charge in [-0.2, -0.15) is 0 Å². The third kappa shape index (κ3) is 7.90. The Balaban J connectivity index is 2.12. The molecule has 0 unspecified atom stereocenters. The Labute approximate surface area is 196 Å². The Hall–Kier alpha value is -2.47. The molecule has 2 atom stereocenters. The number of nitrogens with one attached hydrogen (secondary N) is 1. The summed E-state index contributed by atoms with van der Waals surface area (Å²) < 4.78 is 5.32. The van der Waals surface area contributed by atoms with Gasteiger partial charge in [-0.1, -0.05) is 48.4 Å². The van der Waals surface area contributed by atoms with Gasteiger partial charge in [-0.15, -0.1) is 11.8 Å². The summed E-state index contributed by atoms with van der Waals surface area (Å²) in [6, 6.07) is 13.6. The molecule has 174 valence electrons. The summed E-state index contributed by atoms with van der Waals surface area (Å²) in [5.41, 5.74) is 4.59. The van der Waals surface area contributed by atoms with Crippen molar-refractivity contribution in [3.05, 3.63) is 64.7 Å². The second-order valence-corrected chi connectivity index (χ2v) is 9.34. The molecule has 2 rings (SSSR count). The zero-order chi connectivity index (χ0) is 23.7. The minimum atomic E-state index is -0.565. The monoisotopic (exact) mass is 456 g/mol. The Bertz CT molecular complexity index is 895. The van der Waals surface area contributed by atoms with Gasteiger partial charge in [0.1, 0.15) is 11.8 Å². The maximum Gasteiger partial charge on any atom is 0.242 e. The fraction of sp³-hybridized carbons (Fsp3) is 0.462. The van der Waals surface area contributed by atoms with Crippen molar-refractivity contribution < 1.29 is 14.3 Å². The standard InChI is InChI=1S/C26H36N2O3S/c1-7-20(4)27-26(30)21(5)28(15-22-9-8-10-24(14-22)31-6)25(29)17-32-16-23-12-18(2)11-19(3)13-23/h8-14,20-21H,7,15-17H2,1-6H3,(H,27,30)/t20-,21+/m0/s1. The van der Waals surface area contributed by atoms with E-state index in [1.165, 1.54) is 16.7 Å². The maximum atomic E-state index is 13.2. The van der Waals surface area contributed by atoms with Gasteiger partial charge in [-0.3, -0.25) is 9.59 Å². The topological polar surface area (TPSA) is 58.6 Å². The van der Waals surface area contributed by atoms with Crippen molar-refractivity contribution in [1.29, 1.82) is 0 Å². The quantitative estimate of drug-likeness (QED) is 0.524. The highest BCUT2D eigenvalue weighted by Gasteiger charge is 2.26. The first-order chi connectivity index (χ1) is 15.2. The van der Waals surface area contributed by atoms with Gasteiger partial charge in [-0.25, -0.2) is 0 Å². The van der Waals surface area contributed by atoms with Crippen LogP contribution in [0.5, 0.6) is 5.75 Å². The van der Waals surface area contributed by atoms with Crippen molar-refractivity contribution in [3.63, 3.8) is 0 Å². The molecule has 0 heterocycles. The number of rotatable bonds is 11. The van der Waals surface area contributed by atoms with Crippen LogP contribution >= 0.6 is 11.8 Å². The lowest BCUT2D eigenvalue weighted by atomic mass is 10.1. The van der Waals surface area contributed by atoms with E-state index >= 15 is 0 Å². The normalized spacial score (nSPS) is 12.7. The molecule has 0 bridgehead atoms. The number of benzene rings is 2. The van der Waals surface area contributed by atoms with Gasteiger partial charge < -0.3 is 15.0 Å². The van der Waals surface area contributed by atoms with Gasteiger partial charge in [0, 0.05) is 18.3 Å². The second kappa shape index (κ2) is 12.5. The number of methoxy groups -OCH3 is 1. The summed E-state index contributed by atoms with van der Waals surface area (Å²) in [5, 5.41) is 3.00. The van der Waals surface area contributed by atoms with Gasteiger partial charge in [-0.05, 0) is 57.4 Å². The van der Waals surface area contributed by atoms with Gasteiger partial charge in [0.2, 0.25) is 11.8 Å². The molecule has 1 N–H and O–H groups in total. The first-order valence-electron chi connectivity index (χ1n) is 11.1. The lowest BCUT2D eigenvalue weighted by Gasteiger charge is -2.29. The molecular formula is C26H36N2O3S. The van der Waals surface area contributed by atoms with Crippen molar-refractivity contribution in [2.75, 3.05) is 12.9 Å². The predicted octanol–water partition coefficient (Wildman–Crippen LogP) is 4.88. The fourth-order valence-electron chi connectivity index (χ4n) is 3.51. The molecule has 0 spiro atoms. The van der Waals surface area contributed by atoms with Crippen molar-refractivity contribution in [2.45, 2.75) is 65.4 Å². The first kappa shape index (κ1) is 25.8. The average molecular weight is 457 g/mol. The molecule has 2 aromatic carbocycles. The Morgan fingerprint density at radius 2 is 1.75 bits per heavy atom. The summed E-state index contributed by atoms with van der Waals surface area (Å²) >= 11 is 1.58. The molecule has 0 radical (unpaired) electrons. The van der Waals surface area contributed by atoms with E-state index in [-0.39, 0.29) is 17.9 Å². The number of carbonyl (C=O) groups is 2. The molecule has 6 heteroatoms. The lowest BCUT2D eigenvalue weighted by Crippen LogP contribution is -2.50. The highest BCUT2D eigenvalue weighted by atomic mass is 32.2. The third-order valence-corrected chi connectivity index (χ3v) is 6.42. The van der Waals surface area contributed by atoms with Crippen molar-refractivity contribution in [1.82, 2.24) is 10.2 Å². The number of nitrogens with zero attached hydrogens (tertiary/aromatic N) is 1. The smallest absolute Gasteiger partial charge is 0.242 e. The highest BCUT2D eigenvalue weighted by Crippen LogP contribution is 2.20. The Morgan fingerprint density at radius 1 is 1.06 bits per heavy atom. The average Bonchev–Trinajstić information content (AvgIpc) is 2.76. The zero-order valence-corrected chi connectivity index (χ0v) is 20.9. The molecule has 2 amide bonds. The van der Waals surface area contributed by atoms with Crippen LogP contribution < -0.4 is 10.1 Å². The number of thioether (sulfide) groups is 1. The van der Waals surface area contributed by atoms with Crippen LogP contribution in [0.1, 0.15) is 49.4 Å². The van der Waals surface area contributed by atoms with Crippen LogP contribution in [0.4, 0.5) is 0 Å². The number of aryl methyl sites for hydroxylation is 2. The van der Waals surface area contributed by atoms with E-state index in [1.54, 1.807) is 30.7 Å². The Kier molecular flexibility index (Phi) is 10.1. The van der Waals surface area contributed by atoms with Gasteiger partial charge in [0.05, 0.1) is 12.9 Å². The Morgan fingerprint density at radius 3 is 2.38 bits per heavy atom. The molecule has 32 heavy (non-hydrogen) atoms. The van der Waals surface area contributed by atoms with Crippen LogP contribution in [0.2, 0.25) is 0 Å². The minimum Gasteiger partial charge on any atom is -0.497 e. The molecule has 0 fully saturated rings. The minimum absolute atomic E-state index is 0.0472. The zero-order valence-electron chi connectivity index (χ0n) is 20.1. The van der Waals surface area contributed by atoms with Crippen LogP contribution in [-0.2, 0) is 21.9 Å². The summed E-state index contributed by atoms with van der Waals surface area (Å²) in [7, 11) is 1.62. The van der Waals surface area contributed by atoms with Crippen LogP contribution in [-0.4, -0.2) is 41.7 Å². The van der Waals surface area contributed by atoms with E-state index in [1.807, 2.05) is 38.1 Å². The van der Waals surface area contributed by atoms with Gasteiger partial charge in [0.15, 0.2) is 0 Å². The third-order valence-electron chi connectivity index (χ3n) is 5.43. The van der Waals surface area contributed by atoms with Crippen molar-refractivity contribution in [3.8, 4) is 5.75 Å². The molecule has 2 aromatic rings. The van der Waals surface area contributed by atoms with E-state index in [9.17, 15) is 9.59 Å². The molecule has 0 aliphatic carbocycles. The van der Waals surface area contributed by atoms with Crippen molar-refractivity contribution in [2.24, 2.45) is 0 Å². The van der Waals surface area contributed by atoms with Gasteiger partial charge in [0.25, 0.3) is 0 Å². The largest absolute Gasteiger partial charge is 0.497 e. The van der Waals surface area contributed by atoms with E-state index < -0.39 is 6.04 Å². The number of ether oxygens (including phenoxy) is 1. The SMILES string of the molecule is CC[C@H](C)NC(=O)[C@@H](C)N(Cc1cccc(OC)c1)C(=O)CSCc1cc(C)cc(C)c1. The van der Waals surface area contributed by atoms with Crippen LogP contribution in [0, 0.1) is 13.8 Å². The first-order valence-corrected chi connectivity index (χ1v) is 12.3. The van der Waals surface area contributed by atoms with Crippen LogP contribution in [0.25, 0.3) is 0 Å². The molecule has 0 saturated heterocycles. The van der Waals surface area contributed by atoms with Crippen LogP contribution in [0.3, 0.4) is 0 Å². The molecule has 0 saturated carbocycles. The summed E-state index contributed by atoms with van der Waals surface area (Å²) in [6.07, 6.45) is 0.841. The predicted molar refractivity (Wildman–Crippen MR) is 133 cm³/mol. The number of hydrogen-bond donors (Lipinski definition) is 1. The van der Waals surface area contributed by atoms with E-state index in [2.05, 4.69) is 37.4 Å². The second-order valence-electron chi connectivity index (χ2n) is 8.36. The van der Waals surface area contributed by atoms with Crippen molar-refractivity contribution >= 4 is 23.6 Å².